The molecule has 0 aromatic carbocycles. The summed E-state index contributed by atoms with van der Waals surface area (Å²) in [7, 11) is 0. The van der Waals surface area contributed by atoms with Gasteiger partial charge in [0.15, 0.2) is 0 Å². The predicted octanol–water partition coefficient (Wildman–Crippen LogP) is 1.19. The maximum absolute atomic E-state index is 9.56. The minimum Gasteiger partial charge on any atom is -0.303 e. The van der Waals surface area contributed by atoms with Crippen molar-refractivity contribution in [2.24, 2.45) is 0 Å². The van der Waals surface area contributed by atoms with Gasteiger partial charge in [-0.2, -0.15) is 0 Å². The Labute approximate surface area is 49.9 Å². The van der Waals surface area contributed by atoms with Crippen LogP contribution in [0.2, 0.25) is 0 Å². The van der Waals surface area contributed by atoms with E-state index in [-0.39, 0.29) is 7.43 Å². The molecule has 0 aromatic heterocycles. The van der Waals surface area contributed by atoms with Crippen molar-refractivity contribution in [2.45, 2.75) is 26.7 Å². The summed E-state index contributed by atoms with van der Waals surface area (Å²) in [6.07, 6.45) is 3.37. The Hall–Kier alpha value is -0.660. The summed E-state index contributed by atoms with van der Waals surface area (Å²) in [5.74, 6) is 0. The third-order valence-corrected chi connectivity index (χ3v) is 0.644. The molecule has 0 saturated carbocycles. The van der Waals surface area contributed by atoms with Crippen LogP contribution in [-0.4, -0.2) is 12.6 Å². The van der Waals surface area contributed by atoms with Crippen LogP contribution >= 0.6 is 0 Å². The van der Waals surface area contributed by atoms with Gasteiger partial charge in [0.05, 0.1) is 0 Å². The van der Waals surface area contributed by atoms with Crippen molar-refractivity contribution in [3.63, 3.8) is 0 Å². The predicted molar refractivity (Wildman–Crippen MR) is 32.7 cm³/mol. The highest BCUT2D eigenvalue weighted by Crippen LogP contribution is 1.85. The summed E-state index contributed by atoms with van der Waals surface area (Å²) in [5, 5.41) is 0. The molecule has 8 heavy (non-hydrogen) atoms. The molecule has 0 aromatic rings. The molecular formula is C6H12O2. The largest absolute Gasteiger partial charge is 0.303 e. The number of aldehydes is 2. The van der Waals surface area contributed by atoms with Gasteiger partial charge in [-0.3, -0.25) is 0 Å². The monoisotopic (exact) mass is 116 g/mol. The Kier molecular flexibility index (Phi) is 12.4. The van der Waals surface area contributed by atoms with E-state index in [1.165, 1.54) is 0 Å². The quantitative estimate of drug-likeness (QED) is 0.408. The second-order valence-corrected chi connectivity index (χ2v) is 1.26. The molecule has 0 rings (SSSR count). The van der Waals surface area contributed by atoms with E-state index in [0.717, 1.165) is 12.6 Å². The Morgan fingerprint density at radius 1 is 1.00 bits per heavy atom. The van der Waals surface area contributed by atoms with Crippen molar-refractivity contribution in [2.75, 3.05) is 0 Å². The highest BCUT2D eigenvalue weighted by atomic mass is 16.1. The lowest BCUT2D eigenvalue weighted by Gasteiger charge is -1.78. The Bertz CT molecular complexity index is 51.5. The van der Waals surface area contributed by atoms with Crippen LogP contribution in [0, 0.1) is 0 Å². The third-order valence-electron chi connectivity index (χ3n) is 0.644. The lowest BCUT2D eigenvalue weighted by Crippen LogP contribution is -1.76. The second kappa shape index (κ2) is 9.60. The maximum Gasteiger partial charge on any atom is 0.120 e. The number of carbonyl (C=O) groups excluding carboxylic acids is 2. The number of hydrogen-bond donors (Lipinski definition) is 0. The summed E-state index contributed by atoms with van der Waals surface area (Å²) < 4.78 is 0. The van der Waals surface area contributed by atoms with Gasteiger partial charge in [0, 0.05) is 12.8 Å². The summed E-state index contributed by atoms with van der Waals surface area (Å²) in [6.45, 7) is 0. The highest BCUT2D eigenvalue weighted by molar-refractivity contribution is 5.52. The fourth-order valence-electron chi connectivity index (χ4n) is 0.285. The molecule has 0 fully saturated rings. The number of unbranched alkanes of at least 4 members (excludes halogenated alkanes) is 2. The minimum atomic E-state index is 0. The molecule has 0 spiro atoms. The van der Waals surface area contributed by atoms with Crippen molar-refractivity contribution in [3.8, 4) is 0 Å². The van der Waals surface area contributed by atoms with Gasteiger partial charge in [0.2, 0.25) is 0 Å². The molecule has 2 heteroatoms. The molecule has 0 radical (unpaired) electrons. The maximum atomic E-state index is 9.56. The van der Waals surface area contributed by atoms with Crippen molar-refractivity contribution < 1.29 is 9.59 Å². The second-order valence-electron chi connectivity index (χ2n) is 1.26. The summed E-state index contributed by atoms with van der Waals surface area (Å²) in [6, 6.07) is 0. The number of hydrogen-bond acceptors (Lipinski definition) is 2. The summed E-state index contributed by atoms with van der Waals surface area (Å²) >= 11 is 0. The van der Waals surface area contributed by atoms with Crippen molar-refractivity contribution in [1.82, 2.24) is 0 Å². The standard InChI is InChI=1S/C5H8O2.CH4/c6-4-2-1-3-5-7;/h4-5H,1-3H2;1H4. The Morgan fingerprint density at radius 3 is 1.62 bits per heavy atom. The first-order chi connectivity index (χ1) is 3.41. The molecule has 0 unspecified atom stereocenters. The lowest BCUT2D eigenvalue weighted by molar-refractivity contribution is -0.108. The average Bonchev–Trinajstić information content (AvgIpc) is 1.69. The third kappa shape index (κ3) is 9.02. The summed E-state index contributed by atoms with van der Waals surface area (Å²) in [5.41, 5.74) is 0. The van der Waals surface area contributed by atoms with Crippen LogP contribution in [0.4, 0.5) is 0 Å². The molecule has 0 heterocycles. The first-order valence-electron chi connectivity index (χ1n) is 2.29. The van der Waals surface area contributed by atoms with Crippen molar-refractivity contribution in [1.29, 1.82) is 0 Å². The van der Waals surface area contributed by atoms with E-state index in [0.29, 0.717) is 19.3 Å². The van der Waals surface area contributed by atoms with E-state index in [9.17, 15) is 9.59 Å². The van der Waals surface area contributed by atoms with Gasteiger partial charge < -0.3 is 9.59 Å². The zero-order chi connectivity index (χ0) is 5.54. The molecule has 0 N–H and O–H groups in total. The van der Waals surface area contributed by atoms with E-state index in [1.54, 1.807) is 0 Å². The molecule has 0 bridgehead atoms. The topological polar surface area (TPSA) is 34.1 Å². The van der Waals surface area contributed by atoms with E-state index >= 15 is 0 Å². The highest BCUT2D eigenvalue weighted by Gasteiger charge is 1.80. The molecule has 0 aliphatic heterocycles. The summed E-state index contributed by atoms with van der Waals surface area (Å²) in [4.78, 5) is 19.1. The van der Waals surface area contributed by atoms with Crippen LogP contribution in [-0.2, 0) is 9.59 Å². The fraction of sp³-hybridized carbons (Fsp3) is 0.667. The molecular weight excluding hydrogens is 104 g/mol. The first kappa shape index (κ1) is 10.3. The molecule has 0 amide bonds. The van der Waals surface area contributed by atoms with Gasteiger partial charge in [0.25, 0.3) is 0 Å². The number of carbonyl (C=O) groups is 2. The average molecular weight is 116 g/mol. The van der Waals surface area contributed by atoms with Crippen LogP contribution in [0.15, 0.2) is 0 Å². The van der Waals surface area contributed by atoms with E-state index in [4.69, 9.17) is 0 Å². The van der Waals surface area contributed by atoms with Crippen molar-refractivity contribution >= 4 is 12.6 Å². The molecule has 0 saturated heterocycles. The SMILES string of the molecule is C.O=CCCCC=O. The smallest absolute Gasteiger partial charge is 0.120 e. The van der Waals surface area contributed by atoms with Crippen molar-refractivity contribution in [3.05, 3.63) is 0 Å². The molecule has 48 valence electrons. The van der Waals surface area contributed by atoms with Crippen LogP contribution in [0.3, 0.4) is 0 Å². The lowest BCUT2D eigenvalue weighted by atomic mass is 10.3. The zero-order valence-corrected chi connectivity index (χ0v) is 4.09. The van der Waals surface area contributed by atoms with Crippen LogP contribution in [0.1, 0.15) is 26.7 Å². The molecule has 0 atom stereocenters. The van der Waals surface area contributed by atoms with Crippen LogP contribution in [0.5, 0.6) is 0 Å². The van der Waals surface area contributed by atoms with Gasteiger partial charge in [-0.05, 0) is 6.42 Å². The van der Waals surface area contributed by atoms with Gasteiger partial charge in [0.1, 0.15) is 12.6 Å². The Morgan fingerprint density at radius 2 is 1.38 bits per heavy atom. The normalized spacial score (nSPS) is 7.00. The molecule has 0 aliphatic carbocycles. The van der Waals surface area contributed by atoms with Crippen LogP contribution < -0.4 is 0 Å². The number of rotatable bonds is 4. The first-order valence-corrected chi connectivity index (χ1v) is 2.29. The van der Waals surface area contributed by atoms with Gasteiger partial charge in [-0.15, -0.1) is 0 Å². The van der Waals surface area contributed by atoms with Gasteiger partial charge >= 0.3 is 0 Å². The van der Waals surface area contributed by atoms with E-state index in [2.05, 4.69) is 0 Å². The molecule has 0 aliphatic rings. The minimum absolute atomic E-state index is 0. The van der Waals surface area contributed by atoms with Crippen LogP contribution in [0.25, 0.3) is 0 Å². The molecule has 2 nitrogen and oxygen atoms in total. The Balaban J connectivity index is 0. The zero-order valence-electron chi connectivity index (χ0n) is 4.09. The van der Waals surface area contributed by atoms with E-state index in [1.807, 2.05) is 0 Å². The van der Waals surface area contributed by atoms with Gasteiger partial charge in [-0.25, -0.2) is 0 Å². The van der Waals surface area contributed by atoms with Gasteiger partial charge in [-0.1, -0.05) is 7.43 Å². The van der Waals surface area contributed by atoms with E-state index < -0.39 is 0 Å². The fourth-order valence-corrected chi connectivity index (χ4v) is 0.285.